The molecular formula is C13H22FN3O. The second kappa shape index (κ2) is 5.80. The van der Waals surface area contributed by atoms with Gasteiger partial charge in [0.25, 0.3) is 0 Å². The van der Waals surface area contributed by atoms with Crippen molar-refractivity contribution >= 4 is 0 Å². The van der Waals surface area contributed by atoms with Crippen LogP contribution in [0.4, 0.5) is 4.39 Å². The van der Waals surface area contributed by atoms with Crippen LogP contribution in [-0.2, 0) is 17.0 Å². The Balaban J connectivity index is 2.06. The Morgan fingerprint density at radius 1 is 1.67 bits per heavy atom. The SMILES string of the molecule is CCCn1ccnc1C(C)(F)CC1COCCN1. The molecule has 1 aromatic rings. The van der Waals surface area contributed by atoms with Gasteiger partial charge in [-0.1, -0.05) is 6.92 Å². The van der Waals surface area contributed by atoms with Crippen LogP contribution in [0.15, 0.2) is 12.4 Å². The third-order valence-electron chi connectivity index (χ3n) is 3.27. The molecule has 0 radical (unpaired) electrons. The minimum absolute atomic E-state index is 0.0699. The molecule has 1 N–H and O–H groups in total. The lowest BCUT2D eigenvalue weighted by atomic mass is 9.97. The van der Waals surface area contributed by atoms with Gasteiger partial charge in [-0.05, 0) is 13.3 Å². The summed E-state index contributed by atoms with van der Waals surface area (Å²) in [7, 11) is 0. The molecule has 5 heteroatoms. The summed E-state index contributed by atoms with van der Waals surface area (Å²) >= 11 is 0. The van der Waals surface area contributed by atoms with Gasteiger partial charge >= 0.3 is 0 Å². The zero-order valence-electron chi connectivity index (χ0n) is 11.2. The molecule has 1 aliphatic heterocycles. The average molecular weight is 255 g/mol. The van der Waals surface area contributed by atoms with Crippen molar-refractivity contribution in [2.75, 3.05) is 19.8 Å². The first-order valence-corrected chi connectivity index (χ1v) is 6.65. The predicted molar refractivity (Wildman–Crippen MR) is 68.2 cm³/mol. The second-order valence-corrected chi connectivity index (χ2v) is 5.07. The fourth-order valence-corrected chi connectivity index (χ4v) is 2.49. The highest BCUT2D eigenvalue weighted by Gasteiger charge is 2.34. The molecule has 18 heavy (non-hydrogen) atoms. The van der Waals surface area contributed by atoms with Crippen LogP contribution in [-0.4, -0.2) is 35.4 Å². The smallest absolute Gasteiger partial charge is 0.167 e. The molecule has 2 atom stereocenters. The van der Waals surface area contributed by atoms with Gasteiger partial charge in [-0.15, -0.1) is 0 Å². The van der Waals surface area contributed by atoms with Crippen LogP contribution in [0.2, 0.25) is 0 Å². The Morgan fingerprint density at radius 3 is 3.17 bits per heavy atom. The third-order valence-corrected chi connectivity index (χ3v) is 3.27. The molecule has 1 saturated heterocycles. The zero-order valence-corrected chi connectivity index (χ0v) is 11.2. The number of ether oxygens (including phenoxy) is 1. The van der Waals surface area contributed by atoms with Crippen LogP contribution < -0.4 is 5.32 Å². The van der Waals surface area contributed by atoms with Gasteiger partial charge in [0.1, 0.15) is 5.82 Å². The van der Waals surface area contributed by atoms with E-state index in [0.717, 1.165) is 19.5 Å². The third kappa shape index (κ3) is 3.09. The van der Waals surface area contributed by atoms with E-state index in [0.29, 0.717) is 25.5 Å². The first-order chi connectivity index (χ1) is 8.63. The van der Waals surface area contributed by atoms with Crippen molar-refractivity contribution in [1.29, 1.82) is 0 Å². The molecule has 4 nitrogen and oxygen atoms in total. The highest BCUT2D eigenvalue weighted by Crippen LogP contribution is 2.30. The standard InChI is InChI=1S/C13H22FN3O/c1-3-6-17-7-4-16-12(17)13(2,14)9-11-10-18-8-5-15-11/h4,7,11,15H,3,5-6,8-10H2,1-2H3. The summed E-state index contributed by atoms with van der Waals surface area (Å²) in [6, 6.07) is 0.0699. The van der Waals surface area contributed by atoms with Gasteiger partial charge in [-0.3, -0.25) is 0 Å². The number of alkyl halides is 1. The van der Waals surface area contributed by atoms with Crippen LogP contribution >= 0.6 is 0 Å². The van der Waals surface area contributed by atoms with Gasteiger partial charge in [0.15, 0.2) is 5.67 Å². The molecule has 1 fully saturated rings. The fraction of sp³-hybridized carbons (Fsp3) is 0.769. The first kappa shape index (κ1) is 13.5. The maximum Gasteiger partial charge on any atom is 0.167 e. The number of hydrogen-bond donors (Lipinski definition) is 1. The van der Waals surface area contributed by atoms with Crippen molar-refractivity contribution in [2.45, 2.75) is 44.9 Å². The number of morpholine rings is 1. The van der Waals surface area contributed by atoms with Crippen molar-refractivity contribution in [3.05, 3.63) is 18.2 Å². The van der Waals surface area contributed by atoms with Gasteiger partial charge in [0.05, 0.1) is 13.2 Å². The average Bonchev–Trinajstić information content (AvgIpc) is 2.79. The van der Waals surface area contributed by atoms with Crippen molar-refractivity contribution in [1.82, 2.24) is 14.9 Å². The van der Waals surface area contributed by atoms with Crippen LogP contribution in [0.3, 0.4) is 0 Å². The molecule has 0 aliphatic carbocycles. The van der Waals surface area contributed by atoms with Gasteiger partial charge in [0.2, 0.25) is 0 Å². The summed E-state index contributed by atoms with van der Waals surface area (Å²) in [5.41, 5.74) is -1.42. The molecule has 0 saturated carbocycles. The quantitative estimate of drug-likeness (QED) is 0.873. The van der Waals surface area contributed by atoms with Crippen LogP contribution in [0, 0.1) is 0 Å². The Labute approximate surface area is 108 Å². The van der Waals surface area contributed by atoms with E-state index in [4.69, 9.17) is 4.74 Å². The van der Waals surface area contributed by atoms with Crippen molar-refractivity contribution in [3.8, 4) is 0 Å². The van der Waals surface area contributed by atoms with E-state index in [2.05, 4.69) is 17.2 Å². The Bertz CT molecular complexity index is 372. The van der Waals surface area contributed by atoms with E-state index in [-0.39, 0.29) is 6.04 Å². The number of nitrogens with one attached hydrogen (secondary N) is 1. The number of imidazole rings is 1. The van der Waals surface area contributed by atoms with Gasteiger partial charge < -0.3 is 14.6 Å². The summed E-state index contributed by atoms with van der Waals surface area (Å²) in [4.78, 5) is 4.19. The van der Waals surface area contributed by atoms with Crippen LogP contribution in [0.1, 0.15) is 32.5 Å². The summed E-state index contributed by atoms with van der Waals surface area (Å²) in [5.74, 6) is 0.525. The summed E-state index contributed by atoms with van der Waals surface area (Å²) < 4.78 is 22.1. The summed E-state index contributed by atoms with van der Waals surface area (Å²) in [5, 5.41) is 3.29. The topological polar surface area (TPSA) is 39.1 Å². The molecule has 2 unspecified atom stereocenters. The largest absolute Gasteiger partial charge is 0.379 e. The van der Waals surface area contributed by atoms with Crippen molar-refractivity contribution in [3.63, 3.8) is 0 Å². The van der Waals surface area contributed by atoms with Crippen molar-refractivity contribution < 1.29 is 9.13 Å². The minimum atomic E-state index is -1.42. The lowest BCUT2D eigenvalue weighted by Crippen LogP contribution is -2.44. The maximum absolute atomic E-state index is 14.8. The van der Waals surface area contributed by atoms with Gasteiger partial charge in [0, 0.05) is 37.9 Å². The molecule has 0 aromatic carbocycles. The predicted octanol–water partition coefficient (Wildman–Crippen LogP) is 1.86. The Morgan fingerprint density at radius 2 is 2.50 bits per heavy atom. The summed E-state index contributed by atoms with van der Waals surface area (Å²) in [6.45, 7) is 6.58. The number of hydrogen-bond acceptors (Lipinski definition) is 3. The minimum Gasteiger partial charge on any atom is -0.379 e. The Hall–Kier alpha value is -0.940. The number of nitrogens with zero attached hydrogens (tertiary/aromatic N) is 2. The number of rotatable bonds is 5. The molecule has 0 spiro atoms. The lowest BCUT2D eigenvalue weighted by Gasteiger charge is -2.29. The number of aryl methyl sites for hydroxylation is 1. The van der Waals surface area contributed by atoms with Gasteiger partial charge in [-0.25, -0.2) is 9.37 Å². The summed E-state index contributed by atoms with van der Waals surface area (Å²) in [6.07, 6.45) is 4.90. The van der Waals surface area contributed by atoms with Crippen LogP contribution in [0.25, 0.3) is 0 Å². The molecule has 102 valence electrons. The van der Waals surface area contributed by atoms with Crippen LogP contribution in [0.5, 0.6) is 0 Å². The number of aromatic nitrogens is 2. The monoisotopic (exact) mass is 255 g/mol. The van der Waals surface area contributed by atoms with E-state index in [1.807, 2.05) is 10.8 Å². The van der Waals surface area contributed by atoms with E-state index < -0.39 is 5.67 Å². The highest BCUT2D eigenvalue weighted by atomic mass is 19.1. The van der Waals surface area contributed by atoms with E-state index >= 15 is 0 Å². The normalized spacial score (nSPS) is 23.8. The molecule has 2 rings (SSSR count). The van der Waals surface area contributed by atoms with Gasteiger partial charge in [-0.2, -0.15) is 0 Å². The molecule has 0 amide bonds. The zero-order chi connectivity index (χ0) is 13.0. The second-order valence-electron chi connectivity index (χ2n) is 5.07. The van der Waals surface area contributed by atoms with E-state index in [9.17, 15) is 4.39 Å². The fourth-order valence-electron chi connectivity index (χ4n) is 2.49. The molecule has 0 bridgehead atoms. The van der Waals surface area contributed by atoms with E-state index in [1.165, 1.54) is 0 Å². The lowest BCUT2D eigenvalue weighted by molar-refractivity contribution is 0.0439. The van der Waals surface area contributed by atoms with Crippen molar-refractivity contribution in [2.24, 2.45) is 0 Å². The highest BCUT2D eigenvalue weighted by molar-refractivity contribution is 5.05. The molecule has 1 aromatic heterocycles. The molecule has 1 aliphatic rings. The molecule has 2 heterocycles. The Kier molecular flexibility index (Phi) is 4.35. The first-order valence-electron chi connectivity index (χ1n) is 6.65. The number of halogens is 1. The van der Waals surface area contributed by atoms with E-state index in [1.54, 1.807) is 13.1 Å². The maximum atomic E-state index is 14.8. The molecular weight excluding hydrogens is 233 g/mol.